The molecule has 0 aliphatic carbocycles. The lowest BCUT2D eigenvalue weighted by Gasteiger charge is -2.07. The number of ether oxygens (including phenoxy) is 2. The van der Waals surface area contributed by atoms with E-state index in [4.69, 9.17) is 9.47 Å². The molecule has 2 aromatic rings. The zero-order valence-electron chi connectivity index (χ0n) is 12.3. The molecule has 1 heterocycles. The maximum Gasteiger partial charge on any atom is 0.345 e. The van der Waals surface area contributed by atoms with Crippen LogP contribution in [0.4, 0.5) is 0 Å². The van der Waals surface area contributed by atoms with Crippen LogP contribution in [-0.2, 0) is 11.3 Å². The summed E-state index contributed by atoms with van der Waals surface area (Å²) in [6.45, 7) is 1.83. The van der Waals surface area contributed by atoms with Crippen LogP contribution in [0.2, 0.25) is 0 Å². The third-order valence-electron chi connectivity index (χ3n) is 3.06. The van der Waals surface area contributed by atoms with Crippen LogP contribution in [-0.4, -0.2) is 29.2 Å². The number of aromatic nitrogens is 2. The summed E-state index contributed by atoms with van der Waals surface area (Å²) in [6.07, 6.45) is 1.08. The van der Waals surface area contributed by atoms with E-state index in [2.05, 4.69) is 4.98 Å². The number of aromatic amines is 1. The molecule has 0 saturated heterocycles. The Bertz CT molecular complexity index is 774. The highest BCUT2D eigenvalue weighted by Crippen LogP contribution is 2.11. The van der Waals surface area contributed by atoms with Crippen molar-refractivity contribution in [3.8, 4) is 5.75 Å². The maximum atomic E-state index is 12.3. The van der Waals surface area contributed by atoms with E-state index in [1.807, 2.05) is 0 Å². The van der Waals surface area contributed by atoms with Crippen molar-refractivity contribution in [2.45, 2.75) is 13.5 Å². The minimum absolute atomic E-state index is 0.0470. The van der Waals surface area contributed by atoms with Gasteiger partial charge in [-0.2, -0.15) is 0 Å². The van der Waals surface area contributed by atoms with Gasteiger partial charge in [0.1, 0.15) is 11.3 Å². The lowest BCUT2D eigenvalue weighted by Crippen LogP contribution is -2.38. The highest BCUT2D eigenvalue weighted by molar-refractivity contribution is 5.88. The van der Waals surface area contributed by atoms with Crippen LogP contribution in [0.3, 0.4) is 0 Å². The van der Waals surface area contributed by atoms with Crippen LogP contribution in [0.25, 0.3) is 0 Å². The van der Waals surface area contributed by atoms with Crippen LogP contribution < -0.4 is 16.0 Å². The molecule has 7 nitrogen and oxygen atoms in total. The Morgan fingerprint density at radius 3 is 2.50 bits per heavy atom. The topological polar surface area (TPSA) is 90.4 Å². The Balaban J connectivity index is 2.37. The molecule has 7 heteroatoms. The normalized spacial score (nSPS) is 10.3. The van der Waals surface area contributed by atoms with Gasteiger partial charge < -0.3 is 14.5 Å². The average Bonchev–Trinajstić information content (AvgIpc) is 2.52. The first-order chi connectivity index (χ1) is 10.6. The summed E-state index contributed by atoms with van der Waals surface area (Å²) in [4.78, 5) is 38.1. The Kier molecular flexibility index (Phi) is 4.77. The molecule has 0 atom stereocenters. The second-order valence-corrected chi connectivity index (χ2v) is 4.47. The summed E-state index contributed by atoms with van der Waals surface area (Å²) in [5, 5.41) is 0. The van der Waals surface area contributed by atoms with Crippen LogP contribution >= 0.6 is 0 Å². The van der Waals surface area contributed by atoms with Crippen LogP contribution in [0.5, 0.6) is 5.75 Å². The van der Waals surface area contributed by atoms with Gasteiger partial charge in [-0.25, -0.2) is 9.59 Å². The molecule has 0 aliphatic rings. The smallest absolute Gasteiger partial charge is 0.345 e. The van der Waals surface area contributed by atoms with Gasteiger partial charge in [0.15, 0.2) is 0 Å². The molecule has 0 aliphatic heterocycles. The van der Waals surface area contributed by atoms with Gasteiger partial charge in [0, 0.05) is 6.20 Å². The van der Waals surface area contributed by atoms with E-state index < -0.39 is 17.2 Å². The number of nitrogens with zero attached hydrogens (tertiary/aromatic N) is 1. The zero-order chi connectivity index (χ0) is 16.1. The molecule has 0 radical (unpaired) electrons. The lowest BCUT2D eigenvalue weighted by atomic mass is 10.2. The van der Waals surface area contributed by atoms with Crippen molar-refractivity contribution in [2.75, 3.05) is 13.7 Å². The van der Waals surface area contributed by atoms with E-state index in [0.29, 0.717) is 5.75 Å². The Morgan fingerprint density at radius 1 is 1.23 bits per heavy atom. The summed E-state index contributed by atoms with van der Waals surface area (Å²) in [5.41, 5.74) is -0.740. The number of benzene rings is 1. The highest BCUT2D eigenvalue weighted by Gasteiger charge is 2.15. The van der Waals surface area contributed by atoms with Crippen molar-refractivity contribution in [3.63, 3.8) is 0 Å². The lowest BCUT2D eigenvalue weighted by molar-refractivity contribution is 0.0522. The van der Waals surface area contributed by atoms with Crippen LogP contribution in [0.15, 0.2) is 40.1 Å². The third kappa shape index (κ3) is 3.25. The van der Waals surface area contributed by atoms with E-state index in [-0.39, 0.29) is 18.7 Å². The third-order valence-corrected chi connectivity index (χ3v) is 3.06. The van der Waals surface area contributed by atoms with Crippen molar-refractivity contribution >= 4 is 5.97 Å². The summed E-state index contributed by atoms with van der Waals surface area (Å²) in [5.74, 6) is -0.0856. The first kappa shape index (κ1) is 15.6. The molecule has 2 rings (SSSR count). The number of esters is 1. The Labute approximate surface area is 126 Å². The quantitative estimate of drug-likeness (QED) is 0.824. The summed E-state index contributed by atoms with van der Waals surface area (Å²) in [6, 6.07) is 6.93. The van der Waals surface area contributed by atoms with Crippen molar-refractivity contribution in [3.05, 3.63) is 62.4 Å². The summed E-state index contributed by atoms with van der Waals surface area (Å²) < 4.78 is 10.8. The predicted octanol–water partition coefficient (Wildman–Crippen LogP) is 0.770. The summed E-state index contributed by atoms with van der Waals surface area (Å²) >= 11 is 0. The van der Waals surface area contributed by atoms with E-state index in [9.17, 15) is 14.4 Å². The number of hydrogen-bond donors (Lipinski definition) is 1. The fourth-order valence-corrected chi connectivity index (χ4v) is 1.92. The molecule has 1 aromatic heterocycles. The van der Waals surface area contributed by atoms with Gasteiger partial charge in [-0.1, -0.05) is 12.1 Å². The SMILES string of the molecule is CCOC(=O)c1c[nH]c(=O)n(Cc2ccc(OC)cc2)c1=O. The highest BCUT2D eigenvalue weighted by atomic mass is 16.5. The standard InChI is InChI=1S/C15H16N2O5/c1-3-22-14(19)12-8-16-15(20)17(13(12)18)9-10-4-6-11(21-2)7-5-10/h4-8H,3,9H2,1-2H3,(H,16,20). The van der Waals surface area contributed by atoms with Crippen molar-refractivity contribution in [1.82, 2.24) is 9.55 Å². The predicted molar refractivity (Wildman–Crippen MR) is 79.4 cm³/mol. The molecule has 0 amide bonds. The second-order valence-electron chi connectivity index (χ2n) is 4.47. The van der Waals surface area contributed by atoms with Crippen LogP contribution in [0, 0.1) is 0 Å². The molecular weight excluding hydrogens is 288 g/mol. The minimum Gasteiger partial charge on any atom is -0.497 e. The van der Waals surface area contributed by atoms with E-state index in [0.717, 1.165) is 16.3 Å². The number of nitrogens with one attached hydrogen (secondary N) is 1. The minimum atomic E-state index is -0.757. The largest absolute Gasteiger partial charge is 0.497 e. The maximum absolute atomic E-state index is 12.3. The molecule has 1 aromatic carbocycles. The van der Waals surface area contributed by atoms with Gasteiger partial charge >= 0.3 is 11.7 Å². The summed E-state index contributed by atoms with van der Waals surface area (Å²) in [7, 11) is 1.55. The van der Waals surface area contributed by atoms with Crippen LogP contribution in [0.1, 0.15) is 22.8 Å². The molecule has 0 spiro atoms. The van der Waals surface area contributed by atoms with E-state index in [1.54, 1.807) is 38.3 Å². The molecule has 0 fully saturated rings. The molecule has 0 bridgehead atoms. The van der Waals surface area contributed by atoms with Crippen molar-refractivity contribution < 1.29 is 14.3 Å². The van der Waals surface area contributed by atoms with Gasteiger partial charge in [0.05, 0.1) is 20.3 Å². The molecule has 0 saturated carbocycles. The number of rotatable bonds is 5. The van der Waals surface area contributed by atoms with Gasteiger partial charge in [-0.05, 0) is 24.6 Å². The van der Waals surface area contributed by atoms with Gasteiger partial charge in [0.2, 0.25) is 0 Å². The number of methoxy groups -OCH3 is 1. The molecule has 22 heavy (non-hydrogen) atoms. The first-order valence-electron chi connectivity index (χ1n) is 6.69. The van der Waals surface area contributed by atoms with Gasteiger partial charge in [-0.3, -0.25) is 9.36 Å². The van der Waals surface area contributed by atoms with Crippen molar-refractivity contribution in [2.24, 2.45) is 0 Å². The van der Waals surface area contributed by atoms with Gasteiger partial charge in [0.25, 0.3) is 5.56 Å². The fourth-order valence-electron chi connectivity index (χ4n) is 1.92. The Hall–Kier alpha value is -2.83. The second kappa shape index (κ2) is 6.75. The first-order valence-corrected chi connectivity index (χ1v) is 6.69. The van der Waals surface area contributed by atoms with E-state index >= 15 is 0 Å². The number of carbonyl (C=O) groups is 1. The monoisotopic (exact) mass is 304 g/mol. The van der Waals surface area contributed by atoms with E-state index in [1.165, 1.54) is 0 Å². The Morgan fingerprint density at radius 2 is 1.91 bits per heavy atom. The molecule has 116 valence electrons. The molecule has 1 N–H and O–H groups in total. The molecular formula is C15H16N2O5. The molecule has 0 unspecified atom stereocenters. The number of carbonyl (C=O) groups excluding carboxylic acids is 1. The fraction of sp³-hybridized carbons (Fsp3) is 0.267. The van der Waals surface area contributed by atoms with Crippen molar-refractivity contribution in [1.29, 1.82) is 0 Å². The number of hydrogen-bond acceptors (Lipinski definition) is 5. The van der Waals surface area contributed by atoms with Gasteiger partial charge in [-0.15, -0.1) is 0 Å². The number of H-pyrrole nitrogens is 1. The average molecular weight is 304 g/mol. The zero-order valence-corrected chi connectivity index (χ0v) is 12.3.